The number of carbonyl (C=O) groups excluding carboxylic acids is 1. The molecule has 0 radical (unpaired) electrons. The third kappa shape index (κ3) is 2.85. The van der Waals surface area contributed by atoms with Crippen molar-refractivity contribution >= 4 is 17.6 Å². The molecule has 0 aliphatic carbocycles. The van der Waals surface area contributed by atoms with Crippen LogP contribution < -0.4 is 0 Å². The smallest absolute Gasteiger partial charge is 0.417 e. The Hall–Kier alpha value is -2.09. The van der Waals surface area contributed by atoms with E-state index in [0.717, 1.165) is 7.11 Å². The van der Waals surface area contributed by atoms with Gasteiger partial charge in [0, 0.05) is 6.20 Å². The Morgan fingerprint density at radius 1 is 1.38 bits per heavy atom. The molecule has 112 valence electrons. The van der Waals surface area contributed by atoms with Gasteiger partial charge < -0.3 is 9.26 Å². The molecule has 0 amide bonds. The van der Waals surface area contributed by atoms with Gasteiger partial charge in [0.05, 0.1) is 17.7 Å². The Kier molecular flexibility index (Phi) is 3.91. The maximum atomic E-state index is 12.6. The van der Waals surface area contributed by atoms with E-state index < -0.39 is 17.7 Å². The lowest BCUT2D eigenvalue weighted by Gasteiger charge is -2.08. The van der Waals surface area contributed by atoms with E-state index in [1.165, 1.54) is 6.92 Å². The van der Waals surface area contributed by atoms with Crippen molar-refractivity contribution in [2.45, 2.75) is 13.1 Å². The Morgan fingerprint density at radius 2 is 2.05 bits per heavy atom. The maximum Gasteiger partial charge on any atom is 0.417 e. The molecule has 2 aromatic heterocycles. The van der Waals surface area contributed by atoms with Crippen LogP contribution in [0.2, 0.25) is 5.02 Å². The van der Waals surface area contributed by atoms with Gasteiger partial charge >= 0.3 is 12.1 Å². The summed E-state index contributed by atoms with van der Waals surface area (Å²) in [5.74, 6) is -0.601. The van der Waals surface area contributed by atoms with E-state index in [1.807, 2.05) is 0 Å². The summed E-state index contributed by atoms with van der Waals surface area (Å²) in [7, 11) is 1.15. The minimum Gasteiger partial charge on any atom is -0.465 e. The van der Waals surface area contributed by atoms with Crippen LogP contribution in [0.4, 0.5) is 13.2 Å². The lowest BCUT2D eigenvalue weighted by Crippen LogP contribution is -2.07. The van der Waals surface area contributed by atoms with Crippen molar-refractivity contribution in [2.24, 2.45) is 0 Å². The second kappa shape index (κ2) is 5.36. The molecule has 2 aromatic rings. The monoisotopic (exact) mass is 320 g/mol. The second-order valence-electron chi connectivity index (χ2n) is 4.01. The topological polar surface area (TPSA) is 65.2 Å². The zero-order valence-corrected chi connectivity index (χ0v) is 11.5. The van der Waals surface area contributed by atoms with Crippen molar-refractivity contribution in [3.8, 4) is 11.4 Å². The van der Waals surface area contributed by atoms with E-state index in [0.29, 0.717) is 12.3 Å². The molecule has 9 heteroatoms. The molecule has 0 unspecified atom stereocenters. The molecule has 0 spiro atoms. The number of pyridine rings is 1. The van der Waals surface area contributed by atoms with Crippen LogP contribution >= 0.6 is 11.6 Å². The van der Waals surface area contributed by atoms with Gasteiger partial charge in [-0.3, -0.25) is 4.98 Å². The van der Waals surface area contributed by atoms with Crippen LogP contribution in [0.3, 0.4) is 0 Å². The number of ether oxygens (including phenoxy) is 1. The number of aryl methyl sites for hydroxylation is 1. The summed E-state index contributed by atoms with van der Waals surface area (Å²) in [6.07, 6.45) is -3.97. The average molecular weight is 321 g/mol. The van der Waals surface area contributed by atoms with E-state index in [4.69, 9.17) is 16.1 Å². The summed E-state index contributed by atoms with van der Waals surface area (Å²) in [4.78, 5) is 15.3. The number of carbonyl (C=O) groups is 1. The van der Waals surface area contributed by atoms with Gasteiger partial charge in [-0.2, -0.15) is 13.2 Å². The van der Waals surface area contributed by atoms with E-state index in [1.54, 1.807) is 0 Å². The minimum atomic E-state index is -4.57. The maximum absolute atomic E-state index is 12.6. The number of alkyl halides is 3. The third-order valence-corrected chi connectivity index (χ3v) is 2.93. The highest BCUT2D eigenvalue weighted by molar-refractivity contribution is 6.33. The lowest BCUT2D eigenvalue weighted by molar-refractivity contribution is -0.137. The molecule has 0 fully saturated rings. The number of hydrogen-bond donors (Lipinski definition) is 0. The molecular formula is C12H8ClF3N2O3. The molecule has 21 heavy (non-hydrogen) atoms. The zero-order chi connectivity index (χ0) is 15.8. The van der Waals surface area contributed by atoms with Crippen LogP contribution in [0.1, 0.15) is 21.7 Å². The van der Waals surface area contributed by atoms with Crippen molar-refractivity contribution in [1.82, 2.24) is 10.1 Å². The zero-order valence-electron chi connectivity index (χ0n) is 10.8. The van der Waals surface area contributed by atoms with Crippen LogP contribution in [-0.4, -0.2) is 23.2 Å². The van der Waals surface area contributed by atoms with Crippen molar-refractivity contribution < 1.29 is 27.2 Å². The lowest BCUT2D eigenvalue weighted by atomic mass is 10.1. The summed E-state index contributed by atoms with van der Waals surface area (Å²) < 4.78 is 47.1. The van der Waals surface area contributed by atoms with Crippen LogP contribution in [0.15, 0.2) is 16.8 Å². The first kappa shape index (κ1) is 15.3. The van der Waals surface area contributed by atoms with Crippen molar-refractivity contribution in [3.63, 3.8) is 0 Å². The SMILES string of the molecule is COC(=O)c1c(-c2ncc(C(F)(F)F)cc2Cl)noc1C. The number of hydrogen-bond acceptors (Lipinski definition) is 5. The number of nitrogens with zero attached hydrogens (tertiary/aromatic N) is 2. The molecule has 0 atom stereocenters. The fourth-order valence-corrected chi connectivity index (χ4v) is 1.90. The normalized spacial score (nSPS) is 11.5. The summed E-state index contributed by atoms with van der Waals surface area (Å²) >= 11 is 5.80. The summed E-state index contributed by atoms with van der Waals surface area (Å²) in [5, 5.41) is 3.30. The molecule has 5 nitrogen and oxygen atoms in total. The van der Waals surface area contributed by atoms with Crippen molar-refractivity contribution in [2.75, 3.05) is 7.11 Å². The fraction of sp³-hybridized carbons (Fsp3) is 0.250. The van der Waals surface area contributed by atoms with Gasteiger partial charge in [0.25, 0.3) is 0 Å². The predicted octanol–water partition coefficient (Wildman–Crippen LogP) is 3.50. The van der Waals surface area contributed by atoms with Gasteiger partial charge in [-0.15, -0.1) is 0 Å². The Morgan fingerprint density at radius 3 is 2.57 bits per heavy atom. The van der Waals surface area contributed by atoms with Crippen LogP contribution in [0.5, 0.6) is 0 Å². The molecule has 0 aliphatic heterocycles. The van der Waals surface area contributed by atoms with Gasteiger partial charge in [-0.1, -0.05) is 16.8 Å². The van der Waals surface area contributed by atoms with Gasteiger partial charge in [0.15, 0.2) is 0 Å². The van der Waals surface area contributed by atoms with E-state index in [2.05, 4.69) is 14.9 Å². The minimum absolute atomic E-state index is 0.0355. The molecule has 0 aromatic carbocycles. The molecule has 0 N–H and O–H groups in total. The Bertz CT molecular complexity index is 698. The Balaban J connectivity index is 2.56. The largest absolute Gasteiger partial charge is 0.465 e. The molecule has 0 saturated heterocycles. The highest BCUT2D eigenvalue weighted by Gasteiger charge is 2.32. The first-order valence-corrected chi connectivity index (χ1v) is 5.91. The molecule has 0 aliphatic rings. The van der Waals surface area contributed by atoms with Gasteiger partial charge in [0.2, 0.25) is 0 Å². The van der Waals surface area contributed by atoms with Gasteiger partial charge in [-0.05, 0) is 13.0 Å². The summed E-state index contributed by atoms with van der Waals surface area (Å²) in [5.41, 5.74) is -1.21. The first-order valence-electron chi connectivity index (χ1n) is 5.53. The third-order valence-electron chi connectivity index (χ3n) is 2.65. The molecule has 2 heterocycles. The standard InChI is InChI=1S/C12H8ClF3N2O3/c1-5-8(11(19)20-2)10(18-21-5)9-7(13)3-6(4-17-9)12(14,15)16/h3-4H,1-2H3. The van der Waals surface area contributed by atoms with E-state index >= 15 is 0 Å². The number of aromatic nitrogens is 2. The predicted molar refractivity (Wildman–Crippen MR) is 65.8 cm³/mol. The van der Waals surface area contributed by atoms with Gasteiger partial charge in [-0.25, -0.2) is 4.79 Å². The summed E-state index contributed by atoms with van der Waals surface area (Å²) in [6.45, 7) is 1.46. The average Bonchev–Trinajstić information content (AvgIpc) is 2.78. The van der Waals surface area contributed by atoms with Crippen molar-refractivity contribution in [3.05, 3.63) is 34.2 Å². The number of esters is 1. The number of halogens is 4. The van der Waals surface area contributed by atoms with Crippen LogP contribution in [0.25, 0.3) is 11.4 Å². The Labute approximate surface area is 121 Å². The first-order chi connectivity index (χ1) is 9.75. The van der Waals surface area contributed by atoms with E-state index in [9.17, 15) is 18.0 Å². The molecule has 0 saturated carbocycles. The quantitative estimate of drug-likeness (QED) is 0.792. The van der Waals surface area contributed by atoms with Crippen molar-refractivity contribution in [1.29, 1.82) is 0 Å². The summed E-state index contributed by atoms with van der Waals surface area (Å²) in [6, 6.07) is 0.703. The number of rotatable bonds is 2. The van der Waals surface area contributed by atoms with Crippen LogP contribution in [-0.2, 0) is 10.9 Å². The molecular weight excluding hydrogens is 313 g/mol. The second-order valence-corrected chi connectivity index (χ2v) is 4.41. The highest BCUT2D eigenvalue weighted by Crippen LogP contribution is 2.35. The van der Waals surface area contributed by atoms with Gasteiger partial charge in [0.1, 0.15) is 22.7 Å². The highest BCUT2D eigenvalue weighted by atomic mass is 35.5. The van der Waals surface area contributed by atoms with Crippen LogP contribution in [0, 0.1) is 6.92 Å². The fourth-order valence-electron chi connectivity index (χ4n) is 1.64. The number of methoxy groups -OCH3 is 1. The van der Waals surface area contributed by atoms with E-state index in [-0.39, 0.29) is 27.7 Å². The molecule has 2 rings (SSSR count). The molecule has 0 bridgehead atoms.